The Hall–Kier alpha value is -0.600. The predicted molar refractivity (Wildman–Crippen MR) is 58.5 cm³/mol. The molecule has 1 saturated carbocycles. The summed E-state index contributed by atoms with van der Waals surface area (Å²) in [4.78, 5) is 4.16. The summed E-state index contributed by atoms with van der Waals surface area (Å²) in [5.74, 6) is 0. The molecule has 1 aromatic rings. The van der Waals surface area contributed by atoms with Gasteiger partial charge in [0.15, 0.2) is 0 Å². The number of nitrogens with zero attached hydrogens (tertiary/aromatic N) is 1. The topological polar surface area (TPSA) is 38.9 Å². The van der Waals surface area contributed by atoms with E-state index >= 15 is 0 Å². The highest BCUT2D eigenvalue weighted by molar-refractivity contribution is 6.29. The van der Waals surface area contributed by atoms with E-state index in [2.05, 4.69) is 18.0 Å². The second-order valence-electron chi connectivity index (χ2n) is 4.26. The fraction of sp³-hybridized carbons (Fsp3) is 0.545. The van der Waals surface area contributed by atoms with Crippen molar-refractivity contribution in [2.24, 2.45) is 5.73 Å². The zero-order chi connectivity index (χ0) is 10.3. The van der Waals surface area contributed by atoms with E-state index in [1.165, 1.54) is 18.4 Å². The van der Waals surface area contributed by atoms with Gasteiger partial charge in [-0.2, -0.15) is 0 Å². The first-order valence-corrected chi connectivity index (χ1v) is 5.33. The number of hydrogen-bond acceptors (Lipinski definition) is 2. The largest absolute Gasteiger partial charge is 0.327 e. The van der Waals surface area contributed by atoms with Gasteiger partial charge in [-0.25, -0.2) is 4.98 Å². The van der Waals surface area contributed by atoms with Crippen LogP contribution < -0.4 is 5.73 Å². The molecule has 1 atom stereocenters. The van der Waals surface area contributed by atoms with E-state index in [1.54, 1.807) is 0 Å². The van der Waals surface area contributed by atoms with Crippen molar-refractivity contribution in [2.45, 2.75) is 38.1 Å². The smallest absolute Gasteiger partial charge is 0.129 e. The van der Waals surface area contributed by atoms with Gasteiger partial charge in [0, 0.05) is 17.2 Å². The Morgan fingerprint density at radius 2 is 2.14 bits per heavy atom. The van der Waals surface area contributed by atoms with Crippen LogP contribution in [0.2, 0.25) is 5.15 Å². The molecule has 1 unspecified atom stereocenters. The third-order valence-electron chi connectivity index (χ3n) is 3.16. The van der Waals surface area contributed by atoms with E-state index in [9.17, 15) is 0 Å². The average Bonchev–Trinajstić information content (AvgIpc) is 2.81. The summed E-state index contributed by atoms with van der Waals surface area (Å²) in [7, 11) is 0. The van der Waals surface area contributed by atoms with Crippen LogP contribution in [0.3, 0.4) is 0 Å². The highest BCUT2D eigenvalue weighted by Crippen LogP contribution is 2.50. The van der Waals surface area contributed by atoms with E-state index < -0.39 is 0 Å². The first-order valence-electron chi connectivity index (χ1n) is 4.95. The van der Waals surface area contributed by atoms with Crippen LogP contribution in [0.1, 0.15) is 31.0 Å². The summed E-state index contributed by atoms with van der Waals surface area (Å²) in [6, 6.07) is 4.24. The summed E-state index contributed by atoms with van der Waals surface area (Å²) in [5.41, 5.74) is 8.41. The molecule has 2 rings (SSSR count). The monoisotopic (exact) mass is 210 g/mol. The van der Waals surface area contributed by atoms with Crippen molar-refractivity contribution in [3.8, 4) is 0 Å². The lowest BCUT2D eigenvalue weighted by Gasteiger charge is -2.20. The maximum absolute atomic E-state index is 6.00. The quantitative estimate of drug-likeness (QED) is 0.762. The summed E-state index contributed by atoms with van der Waals surface area (Å²) in [6.07, 6.45) is 2.34. The maximum atomic E-state index is 6.00. The molecule has 76 valence electrons. The van der Waals surface area contributed by atoms with Crippen LogP contribution in [0, 0.1) is 6.92 Å². The summed E-state index contributed by atoms with van der Waals surface area (Å²) >= 11 is 5.94. The van der Waals surface area contributed by atoms with Gasteiger partial charge >= 0.3 is 0 Å². The molecule has 0 aromatic carbocycles. The molecule has 0 spiro atoms. The summed E-state index contributed by atoms with van der Waals surface area (Å²) in [5, 5.41) is 0.576. The van der Waals surface area contributed by atoms with Crippen molar-refractivity contribution in [2.75, 3.05) is 0 Å². The molecule has 1 aromatic heterocycles. The minimum Gasteiger partial charge on any atom is -0.327 e. The first kappa shape index (κ1) is 9.94. The number of nitrogens with two attached hydrogens (primary N) is 1. The molecule has 0 amide bonds. The number of aromatic nitrogens is 1. The molecule has 1 aliphatic carbocycles. The van der Waals surface area contributed by atoms with Crippen LogP contribution in [0.15, 0.2) is 12.1 Å². The van der Waals surface area contributed by atoms with Crippen LogP contribution in [0.5, 0.6) is 0 Å². The van der Waals surface area contributed by atoms with Gasteiger partial charge in [-0.3, -0.25) is 0 Å². The third kappa shape index (κ3) is 1.53. The molecule has 1 fully saturated rings. The molecular formula is C11H15ClN2. The van der Waals surface area contributed by atoms with Gasteiger partial charge < -0.3 is 5.73 Å². The van der Waals surface area contributed by atoms with Gasteiger partial charge in [-0.05, 0) is 44.4 Å². The fourth-order valence-electron chi connectivity index (χ4n) is 2.06. The Morgan fingerprint density at radius 3 is 2.57 bits per heavy atom. The first-order chi connectivity index (χ1) is 6.54. The molecule has 1 heterocycles. The van der Waals surface area contributed by atoms with E-state index in [0.717, 1.165) is 5.69 Å². The standard InChI is InChI=1S/C11H15ClN2/c1-7-5-9(6-10(12)14-7)11(3-4-11)8(2)13/h5-6,8H,3-4,13H2,1-2H3. The number of hydrogen-bond donors (Lipinski definition) is 1. The third-order valence-corrected chi connectivity index (χ3v) is 3.35. The van der Waals surface area contributed by atoms with Crippen molar-refractivity contribution < 1.29 is 0 Å². The number of rotatable bonds is 2. The molecule has 0 bridgehead atoms. The van der Waals surface area contributed by atoms with Crippen LogP contribution in [0.25, 0.3) is 0 Å². The molecule has 3 heteroatoms. The van der Waals surface area contributed by atoms with Crippen LogP contribution in [0.4, 0.5) is 0 Å². The van der Waals surface area contributed by atoms with Crippen LogP contribution >= 0.6 is 11.6 Å². The molecule has 0 aliphatic heterocycles. The van der Waals surface area contributed by atoms with Crippen molar-refractivity contribution in [1.29, 1.82) is 0 Å². The lowest BCUT2D eigenvalue weighted by molar-refractivity contribution is 0.555. The van der Waals surface area contributed by atoms with E-state index in [-0.39, 0.29) is 11.5 Å². The van der Waals surface area contributed by atoms with Gasteiger partial charge in [0.2, 0.25) is 0 Å². The van der Waals surface area contributed by atoms with Crippen molar-refractivity contribution in [3.63, 3.8) is 0 Å². The zero-order valence-corrected chi connectivity index (χ0v) is 9.30. The van der Waals surface area contributed by atoms with E-state index in [4.69, 9.17) is 17.3 Å². The lowest BCUT2D eigenvalue weighted by Crippen LogP contribution is -2.31. The van der Waals surface area contributed by atoms with Crippen LogP contribution in [-0.4, -0.2) is 11.0 Å². The molecule has 14 heavy (non-hydrogen) atoms. The van der Waals surface area contributed by atoms with Crippen molar-refractivity contribution in [3.05, 3.63) is 28.5 Å². The average molecular weight is 211 g/mol. The molecule has 2 N–H and O–H groups in total. The molecule has 1 aliphatic rings. The Labute approximate surface area is 89.5 Å². The lowest BCUT2D eigenvalue weighted by atomic mass is 9.90. The second kappa shape index (κ2) is 3.21. The Bertz CT molecular complexity index is 336. The Morgan fingerprint density at radius 1 is 1.50 bits per heavy atom. The van der Waals surface area contributed by atoms with Gasteiger partial charge in [0.25, 0.3) is 0 Å². The molecular weight excluding hydrogens is 196 g/mol. The van der Waals surface area contributed by atoms with Crippen molar-refractivity contribution in [1.82, 2.24) is 4.98 Å². The normalized spacial score (nSPS) is 20.6. The van der Waals surface area contributed by atoms with E-state index in [0.29, 0.717) is 5.15 Å². The molecule has 0 saturated heterocycles. The zero-order valence-electron chi connectivity index (χ0n) is 8.55. The number of pyridine rings is 1. The highest BCUT2D eigenvalue weighted by Gasteiger charge is 2.47. The fourth-order valence-corrected chi connectivity index (χ4v) is 2.31. The predicted octanol–water partition coefficient (Wildman–Crippen LogP) is 2.42. The van der Waals surface area contributed by atoms with Crippen molar-refractivity contribution >= 4 is 11.6 Å². The van der Waals surface area contributed by atoms with Gasteiger partial charge in [0.1, 0.15) is 5.15 Å². The Balaban J connectivity index is 2.42. The van der Waals surface area contributed by atoms with Gasteiger partial charge in [0.05, 0.1) is 0 Å². The minimum atomic E-state index is 0.178. The number of aryl methyl sites for hydroxylation is 1. The van der Waals surface area contributed by atoms with Gasteiger partial charge in [-0.1, -0.05) is 11.6 Å². The maximum Gasteiger partial charge on any atom is 0.129 e. The Kier molecular flexibility index (Phi) is 2.28. The van der Waals surface area contributed by atoms with Crippen LogP contribution in [-0.2, 0) is 5.41 Å². The van der Waals surface area contributed by atoms with E-state index in [1.807, 2.05) is 13.0 Å². The summed E-state index contributed by atoms with van der Waals surface area (Å²) in [6.45, 7) is 4.03. The van der Waals surface area contributed by atoms with Gasteiger partial charge in [-0.15, -0.1) is 0 Å². The second-order valence-corrected chi connectivity index (χ2v) is 4.65. The number of halogens is 1. The minimum absolute atomic E-state index is 0.178. The molecule has 0 radical (unpaired) electrons. The highest BCUT2D eigenvalue weighted by atomic mass is 35.5. The molecule has 2 nitrogen and oxygen atoms in total. The SMILES string of the molecule is Cc1cc(C2(C(C)N)CC2)cc(Cl)n1. The summed E-state index contributed by atoms with van der Waals surface area (Å²) < 4.78 is 0.